The molecule has 0 unspecified atom stereocenters. The third-order valence-corrected chi connectivity index (χ3v) is 5.69. The number of nitrogens with zero attached hydrogens (tertiary/aromatic N) is 1. The summed E-state index contributed by atoms with van der Waals surface area (Å²) in [7, 11) is 1.74. The van der Waals surface area contributed by atoms with Crippen LogP contribution in [-0.2, 0) is 17.8 Å². The lowest BCUT2D eigenvalue weighted by molar-refractivity contribution is -0.141. The second kappa shape index (κ2) is 7.98. The Morgan fingerprint density at radius 2 is 1.81 bits per heavy atom. The minimum Gasteiger partial charge on any atom is -0.341 e. The van der Waals surface area contributed by atoms with Crippen molar-refractivity contribution in [1.82, 2.24) is 4.90 Å². The van der Waals surface area contributed by atoms with Crippen LogP contribution in [0.1, 0.15) is 36.8 Å². The van der Waals surface area contributed by atoms with Crippen LogP contribution in [-0.4, -0.2) is 17.9 Å². The molecule has 1 saturated carbocycles. The van der Waals surface area contributed by atoms with Crippen molar-refractivity contribution in [2.75, 3.05) is 7.05 Å². The minimum atomic E-state index is -0.428. The molecule has 0 spiro atoms. The van der Waals surface area contributed by atoms with E-state index in [4.69, 9.17) is 23.2 Å². The van der Waals surface area contributed by atoms with Crippen LogP contribution in [0.5, 0.6) is 0 Å². The second-order valence-corrected chi connectivity index (χ2v) is 8.06. The van der Waals surface area contributed by atoms with Crippen molar-refractivity contribution in [1.29, 1.82) is 0 Å². The Morgan fingerprint density at radius 1 is 1.12 bits per heavy atom. The van der Waals surface area contributed by atoms with Crippen LogP contribution in [0, 0.1) is 11.2 Å². The van der Waals surface area contributed by atoms with E-state index in [-0.39, 0.29) is 18.3 Å². The lowest BCUT2D eigenvalue weighted by Crippen LogP contribution is -2.41. The zero-order chi connectivity index (χ0) is 18.7. The molecule has 5 heteroatoms. The SMILES string of the molecule is CN(Cc1ccc(Cl)cc1F)C(=O)C1(Cc2cccc(Cl)c2)CCCC1. The Kier molecular flexibility index (Phi) is 5.89. The van der Waals surface area contributed by atoms with Crippen LogP contribution < -0.4 is 0 Å². The Morgan fingerprint density at radius 3 is 2.46 bits per heavy atom. The van der Waals surface area contributed by atoms with Crippen LogP contribution in [0.25, 0.3) is 0 Å². The second-order valence-electron chi connectivity index (χ2n) is 7.19. The van der Waals surface area contributed by atoms with E-state index in [0.29, 0.717) is 22.0 Å². The summed E-state index contributed by atoms with van der Waals surface area (Å²) in [6.07, 6.45) is 4.45. The summed E-state index contributed by atoms with van der Waals surface area (Å²) < 4.78 is 14.1. The summed E-state index contributed by atoms with van der Waals surface area (Å²) in [5.41, 5.74) is 1.11. The highest BCUT2D eigenvalue weighted by Gasteiger charge is 2.42. The van der Waals surface area contributed by atoms with E-state index >= 15 is 0 Å². The average Bonchev–Trinajstić information content (AvgIpc) is 3.06. The van der Waals surface area contributed by atoms with Crippen LogP contribution in [0.15, 0.2) is 42.5 Å². The van der Waals surface area contributed by atoms with Crippen LogP contribution in [0.4, 0.5) is 4.39 Å². The molecule has 0 atom stereocenters. The summed E-state index contributed by atoms with van der Waals surface area (Å²) in [6.45, 7) is 0.235. The van der Waals surface area contributed by atoms with E-state index in [0.717, 1.165) is 31.2 Å². The molecule has 1 aliphatic carbocycles. The van der Waals surface area contributed by atoms with Gasteiger partial charge in [-0.1, -0.05) is 54.2 Å². The molecule has 0 N–H and O–H groups in total. The van der Waals surface area contributed by atoms with E-state index in [2.05, 4.69) is 0 Å². The van der Waals surface area contributed by atoms with E-state index in [1.54, 1.807) is 24.1 Å². The van der Waals surface area contributed by atoms with Crippen molar-refractivity contribution in [3.63, 3.8) is 0 Å². The van der Waals surface area contributed by atoms with Crippen molar-refractivity contribution in [2.24, 2.45) is 5.41 Å². The highest BCUT2D eigenvalue weighted by atomic mass is 35.5. The Labute approximate surface area is 163 Å². The highest BCUT2D eigenvalue weighted by molar-refractivity contribution is 6.30. The number of carbonyl (C=O) groups is 1. The van der Waals surface area contributed by atoms with E-state index in [9.17, 15) is 9.18 Å². The fraction of sp³-hybridized carbons (Fsp3) is 0.381. The third kappa shape index (κ3) is 4.21. The van der Waals surface area contributed by atoms with Gasteiger partial charge in [0, 0.05) is 29.2 Å². The molecular weight excluding hydrogens is 372 g/mol. The Balaban J connectivity index is 1.79. The van der Waals surface area contributed by atoms with E-state index in [1.165, 1.54) is 6.07 Å². The fourth-order valence-corrected chi connectivity index (χ4v) is 4.31. The molecule has 138 valence electrons. The normalized spacial score (nSPS) is 15.8. The van der Waals surface area contributed by atoms with Gasteiger partial charge in [-0.2, -0.15) is 0 Å². The molecule has 1 aliphatic rings. The monoisotopic (exact) mass is 393 g/mol. The molecule has 3 rings (SSSR count). The first kappa shape index (κ1) is 19.2. The van der Waals surface area contributed by atoms with Crippen molar-refractivity contribution < 1.29 is 9.18 Å². The lowest BCUT2D eigenvalue weighted by Gasteiger charge is -2.33. The fourth-order valence-electron chi connectivity index (χ4n) is 3.94. The molecule has 2 aromatic rings. The van der Waals surface area contributed by atoms with Gasteiger partial charge in [0.25, 0.3) is 0 Å². The average molecular weight is 394 g/mol. The maximum Gasteiger partial charge on any atom is 0.229 e. The van der Waals surface area contributed by atoms with Crippen molar-refractivity contribution in [2.45, 2.75) is 38.6 Å². The molecule has 1 fully saturated rings. The molecule has 26 heavy (non-hydrogen) atoms. The smallest absolute Gasteiger partial charge is 0.229 e. The van der Waals surface area contributed by atoms with Gasteiger partial charge < -0.3 is 4.90 Å². The summed E-state index contributed by atoms with van der Waals surface area (Å²) in [5, 5.41) is 1.04. The predicted octanol–water partition coefficient (Wildman–Crippen LogP) is 5.89. The number of benzene rings is 2. The van der Waals surface area contributed by atoms with E-state index < -0.39 is 5.41 Å². The van der Waals surface area contributed by atoms with Gasteiger partial charge in [0.05, 0.1) is 5.41 Å². The number of rotatable bonds is 5. The van der Waals surface area contributed by atoms with Crippen molar-refractivity contribution >= 4 is 29.1 Å². The van der Waals surface area contributed by atoms with Crippen molar-refractivity contribution in [3.05, 3.63) is 69.5 Å². The quantitative estimate of drug-likeness (QED) is 0.619. The lowest BCUT2D eigenvalue weighted by atomic mass is 9.78. The first-order chi connectivity index (χ1) is 12.4. The zero-order valence-corrected chi connectivity index (χ0v) is 16.3. The molecule has 0 aliphatic heterocycles. The number of amides is 1. The van der Waals surface area contributed by atoms with Gasteiger partial charge in [-0.15, -0.1) is 0 Å². The first-order valence-electron chi connectivity index (χ1n) is 8.84. The van der Waals surface area contributed by atoms with E-state index in [1.807, 2.05) is 24.3 Å². The summed E-state index contributed by atoms with van der Waals surface area (Å²) >= 11 is 11.9. The minimum absolute atomic E-state index is 0.0734. The summed E-state index contributed by atoms with van der Waals surface area (Å²) in [5.74, 6) is -0.309. The number of halogens is 3. The maximum atomic E-state index is 14.1. The molecule has 0 bridgehead atoms. The molecule has 2 aromatic carbocycles. The number of carbonyl (C=O) groups excluding carboxylic acids is 1. The topological polar surface area (TPSA) is 20.3 Å². The highest BCUT2D eigenvalue weighted by Crippen LogP contribution is 2.43. The maximum absolute atomic E-state index is 14.1. The molecule has 0 heterocycles. The molecule has 2 nitrogen and oxygen atoms in total. The van der Waals surface area contributed by atoms with Crippen LogP contribution >= 0.6 is 23.2 Å². The molecule has 0 saturated heterocycles. The van der Waals surface area contributed by atoms with Crippen LogP contribution in [0.3, 0.4) is 0 Å². The Bertz CT molecular complexity index is 802. The first-order valence-corrected chi connectivity index (χ1v) is 9.59. The molecule has 0 radical (unpaired) electrons. The molecule has 1 amide bonds. The van der Waals surface area contributed by atoms with Gasteiger partial charge >= 0.3 is 0 Å². The number of hydrogen-bond acceptors (Lipinski definition) is 1. The van der Waals surface area contributed by atoms with Crippen LogP contribution in [0.2, 0.25) is 10.0 Å². The zero-order valence-electron chi connectivity index (χ0n) is 14.8. The van der Waals surface area contributed by atoms with Gasteiger partial charge in [-0.25, -0.2) is 4.39 Å². The largest absolute Gasteiger partial charge is 0.341 e. The van der Waals surface area contributed by atoms with Gasteiger partial charge in [0.1, 0.15) is 5.82 Å². The summed E-state index contributed by atoms with van der Waals surface area (Å²) in [4.78, 5) is 14.9. The van der Waals surface area contributed by atoms with Gasteiger partial charge in [0.2, 0.25) is 5.91 Å². The Hall–Kier alpha value is -1.58. The molecular formula is C21H22Cl2FNO. The third-order valence-electron chi connectivity index (χ3n) is 5.22. The van der Waals surface area contributed by atoms with Gasteiger partial charge in [-0.05, 0) is 49.1 Å². The predicted molar refractivity (Wildman–Crippen MR) is 104 cm³/mol. The van der Waals surface area contributed by atoms with Gasteiger partial charge in [-0.3, -0.25) is 4.79 Å². The van der Waals surface area contributed by atoms with Crippen molar-refractivity contribution in [3.8, 4) is 0 Å². The summed E-state index contributed by atoms with van der Waals surface area (Å²) in [6, 6.07) is 12.3. The standard InChI is InChI=1S/C21H22Cl2FNO/c1-25(14-16-7-8-18(23)12-19(16)24)20(26)21(9-2-3-10-21)13-15-5-4-6-17(22)11-15/h4-8,11-12H,2-3,9-10,13-14H2,1H3. The van der Waals surface area contributed by atoms with Gasteiger partial charge in [0.15, 0.2) is 0 Å². The number of hydrogen-bond donors (Lipinski definition) is 0. The molecule has 0 aromatic heterocycles.